The normalized spacial score (nSPS) is 21.1. The number of hydrogen-bond donors (Lipinski definition) is 1. The van der Waals surface area contributed by atoms with Crippen LogP contribution in [0.2, 0.25) is 10.0 Å². The van der Waals surface area contributed by atoms with Gasteiger partial charge in [0.2, 0.25) is 0 Å². The first kappa shape index (κ1) is 18.0. The molecule has 2 atom stereocenters. The van der Waals surface area contributed by atoms with E-state index in [-0.39, 0.29) is 6.10 Å². The molecule has 3 nitrogen and oxygen atoms in total. The average molecular weight is 391 g/mol. The zero-order valence-corrected chi connectivity index (χ0v) is 16.7. The number of nitrogens with one attached hydrogen (secondary N) is 1. The van der Waals surface area contributed by atoms with E-state index >= 15 is 0 Å². The van der Waals surface area contributed by atoms with Crippen LogP contribution >= 0.6 is 23.2 Å². The Hall–Kier alpha value is -1.42. The molecule has 2 aliphatic rings. The van der Waals surface area contributed by atoms with E-state index in [1.165, 1.54) is 11.3 Å². The predicted molar refractivity (Wildman–Crippen MR) is 110 cm³/mol. The summed E-state index contributed by atoms with van der Waals surface area (Å²) in [5.41, 5.74) is 4.61. The fraction of sp³-hybridized carbons (Fsp3) is 0.429. The van der Waals surface area contributed by atoms with E-state index in [0.717, 1.165) is 49.5 Å². The first-order chi connectivity index (χ1) is 12.6. The lowest BCUT2D eigenvalue weighted by molar-refractivity contribution is 0.172. The van der Waals surface area contributed by atoms with Gasteiger partial charge in [0.05, 0.1) is 5.69 Å². The molecule has 0 saturated carbocycles. The fourth-order valence-corrected chi connectivity index (χ4v) is 4.67. The van der Waals surface area contributed by atoms with Crippen molar-refractivity contribution in [3.63, 3.8) is 0 Å². The summed E-state index contributed by atoms with van der Waals surface area (Å²) in [5.74, 6) is 1.46. The van der Waals surface area contributed by atoms with Crippen molar-refractivity contribution in [2.75, 3.05) is 31.1 Å². The van der Waals surface area contributed by atoms with Crippen molar-refractivity contribution in [3.8, 4) is 16.9 Å². The maximum atomic E-state index is 6.51. The number of rotatable bonds is 4. The molecule has 26 heavy (non-hydrogen) atoms. The third-order valence-corrected chi connectivity index (χ3v) is 6.08. The van der Waals surface area contributed by atoms with E-state index in [4.69, 9.17) is 27.9 Å². The lowest BCUT2D eigenvalue weighted by atomic mass is 9.88. The molecule has 0 amide bonds. The number of anilines is 1. The molecule has 4 rings (SSSR count). The second kappa shape index (κ2) is 7.30. The Balaban J connectivity index is 1.88. The van der Waals surface area contributed by atoms with Crippen LogP contribution in [0.5, 0.6) is 5.75 Å². The van der Waals surface area contributed by atoms with Crippen LogP contribution in [-0.4, -0.2) is 32.3 Å². The summed E-state index contributed by atoms with van der Waals surface area (Å²) >= 11 is 12.6. The van der Waals surface area contributed by atoms with Gasteiger partial charge in [-0.3, -0.25) is 0 Å². The first-order valence-electron chi connectivity index (χ1n) is 9.38. The van der Waals surface area contributed by atoms with Gasteiger partial charge in [-0.25, -0.2) is 0 Å². The van der Waals surface area contributed by atoms with Crippen molar-refractivity contribution in [1.82, 2.24) is 5.32 Å². The first-order valence-corrected chi connectivity index (χ1v) is 10.1. The van der Waals surface area contributed by atoms with Crippen molar-refractivity contribution < 1.29 is 4.74 Å². The van der Waals surface area contributed by atoms with Gasteiger partial charge >= 0.3 is 0 Å². The zero-order valence-electron chi connectivity index (χ0n) is 15.2. The molecule has 0 aliphatic carbocycles. The number of piperidine rings is 1. The highest BCUT2D eigenvalue weighted by Gasteiger charge is 2.38. The number of hydrogen-bond acceptors (Lipinski definition) is 3. The van der Waals surface area contributed by atoms with Gasteiger partial charge in [-0.1, -0.05) is 29.3 Å². The smallest absolute Gasteiger partial charge is 0.146 e. The molecular weight excluding hydrogens is 367 g/mol. The highest BCUT2D eigenvalue weighted by atomic mass is 35.5. The molecule has 0 spiro atoms. The van der Waals surface area contributed by atoms with Gasteiger partial charge in [-0.05, 0) is 56.6 Å². The molecular formula is C21H24Cl2N2O. The van der Waals surface area contributed by atoms with Crippen molar-refractivity contribution in [3.05, 3.63) is 45.9 Å². The quantitative estimate of drug-likeness (QED) is 0.761. The Morgan fingerprint density at radius 2 is 1.96 bits per heavy atom. The lowest BCUT2D eigenvalue weighted by Gasteiger charge is -2.25. The Morgan fingerprint density at radius 1 is 1.15 bits per heavy atom. The van der Waals surface area contributed by atoms with Gasteiger partial charge in [-0.2, -0.15) is 0 Å². The Kier molecular flexibility index (Phi) is 5.05. The topological polar surface area (TPSA) is 24.5 Å². The molecule has 5 heteroatoms. The van der Waals surface area contributed by atoms with Crippen LogP contribution in [0.15, 0.2) is 30.3 Å². The summed E-state index contributed by atoms with van der Waals surface area (Å²) in [6.07, 6.45) is 1.32. The highest BCUT2D eigenvalue weighted by Crippen LogP contribution is 2.49. The number of fused-ring (bicyclic) bond motifs is 3. The fourth-order valence-electron chi connectivity index (χ4n) is 4.15. The molecule has 1 N–H and O–H groups in total. The van der Waals surface area contributed by atoms with E-state index < -0.39 is 0 Å². The molecule has 0 aromatic heterocycles. The molecule has 1 saturated heterocycles. The summed E-state index contributed by atoms with van der Waals surface area (Å²) < 4.78 is 6.43. The van der Waals surface area contributed by atoms with Crippen LogP contribution in [-0.2, 0) is 0 Å². The van der Waals surface area contributed by atoms with Crippen LogP contribution in [0.4, 0.5) is 5.69 Å². The summed E-state index contributed by atoms with van der Waals surface area (Å²) in [6.45, 7) is 8.23. The minimum absolute atomic E-state index is 0.275. The Bertz CT molecular complexity index is 820. The maximum Gasteiger partial charge on any atom is 0.146 e. The maximum absolute atomic E-state index is 6.51. The van der Waals surface area contributed by atoms with Gasteiger partial charge in [0.15, 0.2) is 0 Å². The molecule has 1 fully saturated rings. The molecule has 2 aromatic rings. The number of ether oxygens (including phenoxy) is 1. The van der Waals surface area contributed by atoms with Crippen molar-refractivity contribution in [2.24, 2.45) is 0 Å². The van der Waals surface area contributed by atoms with Gasteiger partial charge in [0.25, 0.3) is 0 Å². The SMILES string of the molecule is CCN(CC)c1cc(-c2ccc(Cl)cc2Cl)cc2c1O[C@H]1CCNC[C@@H]21. The minimum atomic E-state index is 0.275. The van der Waals surface area contributed by atoms with E-state index in [1.54, 1.807) is 0 Å². The highest BCUT2D eigenvalue weighted by molar-refractivity contribution is 6.36. The molecule has 0 bridgehead atoms. The molecule has 0 unspecified atom stereocenters. The third-order valence-electron chi connectivity index (χ3n) is 5.53. The van der Waals surface area contributed by atoms with Crippen LogP contribution in [0, 0.1) is 0 Å². The van der Waals surface area contributed by atoms with Crippen LogP contribution in [0.25, 0.3) is 11.1 Å². The number of nitrogens with zero attached hydrogens (tertiary/aromatic N) is 1. The average Bonchev–Trinajstić information content (AvgIpc) is 3.01. The third kappa shape index (κ3) is 3.06. The monoisotopic (exact) mass is 390 g/mol. The summed E-state index contributed by atoms with van der Waals surface area (Å²) in [4.78, 5) is 2.36. The van der Waals surface area contributed by atoms with Crippen molar-refractivity contribution in [2.45, 2.75) is 32.3 Å². The number of halogens is 2. The predicted octanol–water partition coefficient (Wildman–Crippen LogP) is 5.34. The lowest BCUT2D eigenvalue weighted by Crippen LogP contribution is -2.37. The van der Waals surface area contributed by atoms with Crippen LogP contribution in [0.3, 0.4) is 0 Å². The summed E-state index contributed by atoms with van der Waals surface area (Å²) in [6, 6.07) is 10.2. The second-order valence-corrected chi connectivity index (χ2v) is 7.81. The Labute approximate surface area is 165 Å². The van der Waals surface area contributed by atoms with E-state index in [0.29, 0.717) is 16.0 Å². The molecule has 2 aliphatic heterocycles. The summed E-state index contributed by atoms with van der Waals surface area (Å²) in [7, 11) is 0. The molecule has 2 aromatic carbocycles. The van der Waals surface area contributed by atoms with E-state index in [1.807, 2.05) is 18.2 Å². The van der Waals surface area contributed by atoms with Crippen molar-refractivity contribution in [1.29, 1.82) is 0 Å². The van der Waals surface area contributed by atoms with Gasteiger partial charge in [0, 0.05) is 46.7 Å². The van der Waals surface area contributed by atoms with E-state index in [2.05, 4.69) is 36.2 Å². The molecule has 138 valence electrons. The Morgan fingerprint density at radius 3 is 2.69 bits per heavy atom. The summed E-state index contributed by atoms with van der Waals surface area (Å²) in [5, 5.41) is 4.85. The minimum Gasteiger partial charge on any atom is -0.487 e. The molecule has 0 radical (unpaired) electrons. The standard InChI is InChI=1S/C21H24Cl2N2O/c1-3-25(4-2)19-10-13(15-6-5-14(22)11-18(15)23)9-16-17-12-24-8-7-20(17)26-21(16)19/h5-6,9-11,17,20,24H,3-4,7-8,12H2,1-2H3/t17-,20-/m0/s1. The van der Waals surface area contributed by atoms with Crippen LogP contribution in [0.1, 0.15) is 31.7 Å². The van der Waals surface area contributed by atoms with Gasteiger partial charge < -0.3 is 15.0 Å². The number of benzene rings is 2. The largest absolute Gasteiger partial charge is 0.487 e. The van der Waals surface area contributed by atoms with Gasteiger partial charge in [-0.15, -0.1) is 0 Å². The molecule has 2 heterocycles. The zero-order chi connectivity index (χ0) is 18.3. The van der Waals surface area contributed by atoms with Gasteiger partial charge in [0.1, 0.15) is 11.9 Å². The second-order valence-electron chi connectivity index (χ2n) is 6.97. The van der Waals surface area contributed by atoms with E-state index in [9.17, 15) is 0 Å². The van der Waals surface area contributed by atoms with Crippen LogP contribution < -0.4 is 15.0 Å². The van der Waals surface area contributed by atoms with Crippen molar-refractivity contribution >= 4 is 28.9 Å².